The molecule has 2 aliphatic rings. The van der Waals surface area contributed by atoms with Crippen molar-refractivity contribution in [1.82, 2.24) is 9.97 Å². The Labute approximate surface area is 281 Å². The van der Waals surface area contributed by atoms with Gasteiger partial charge >= 0.3 is 0 Å². The minimum absolute atomic E-state index is 0.263. The van der Waals surface area contributed by atoms with E-state index in [2.05, 4.69) is 84.9 Å². The van der Waals surface area contributed by atoms with Crippen LogP contribution in [0, 0.1) is 5.82 Å². The number of rotatable bonds is 2. The molecule has 11 rings (SSSR count). The minimum atomic E-state index is -0.830. The lowest BCUT2D eigenvalue weighted by molar-refractivity contribution is 0.622. The van der Waals surface area contributed by atoms with Gasteiger partial charge in [-0.25, -0.2) is 4.39 Å². The Bertz CT molecular complexity index is 2840. The van der Waals surface area contributed by atoms with Crippen LogP contribution in [0.25, 0.3) is 77.3 Å². The number of benzene rings is 6. The van der Waals surface area contributed by atoms with Crippen LogP contribution in [0.2, 0.25) is 0 Å². The van der Waals surface area contributed by atoms with E-state index in [4.69, 9.17) is 14.4 Å². The van der Waals surface area contributed by atoms with Crippen LogP contribution in [0.3, 0.4) is 0 Å². The zero-order valence-corrected chi connectivity index (χ0v) is 26.1. The first kappa shape index (κ1) is 26.7. The molecular weight excluding hydrogens is 604 g/mol. The molecule has 0 fully saturated rings. The van der Waals surface area contributed by atoms with Crippen LogP contribution in [-0.4, -0.2) is 9.97 Å². The number of para-hydroxylation sites is 1. The predicted octanol–water partition coefficient (Wildman–Crippen LogP) is 11.3. The Hall–Kier alpha value is -6.39. The van der Waals surface area contributed by atoms with Crippen LogP contribution in [0.1, 0.15) is 22.3 Å². The summed E-state index contributed by atoms with van der Waals surface area (Å²) < 4.78 is 22.6. The molecule has 0 saturated carbocycles. The van der Waals surface area contributed by atoms with Gasteiger partial charge in [0.15, 0.2) is 0 Å². The molecule has 1 unspecified atom stereocenters. The normalized spacial score (nSPS) is 15.5. The summed E-state index contributed by atoms with van der Waals surface area (Å²) in [6.45, 7) is 0. The molecule has 0 saturated heterocycles. The molecule has 49 heavy (non-hydrogen) atoms. The van der Waals surface area contributed by atoms with Crippen molar-refractivity contribution in [3.8, 4) is 44.6 Å². The van der Waals surface area contributed by atoms with E-state index in [0.717, 1.165) is 99.6 Å². The topological polar surface area (TPSA) is 38.9 Å². The highest BCUT2D eigenvalue weighted by molar-refractivity contribution is 6.22. The molecular formula is C45H25FN2O. The largest absolute Gasteiger partial charge is 0.455 e. The average molecular weight is 629 g/mol. The molecule has 0 amide bonds. The van der Waals surface area contributed by atoms with Crippen molar-refractivity contribution in [2.45, 2.75) is 5.41 Å². The van der Waals surface area contributed by atoms with Gasteiger partial charge in [0.2, 0.25) is 0 Å². The first-order valence-electron chi connectivity index (χ1n) is 16.5. The summed E-state index contributed by atoms with van der Waals surface area (Å²) in [5.41, 5.74) is 13.3. The average Bonchev–Trinajstić information content (AvgIpc) is 3.79. The van der Waals surface area contributed by atoms with Gasteiger partial charge in [0.1, 0.15) is 17.0 Å². The van der Waals surface area contributed by atoms with Crippen molar-refractivity contribution in [3.63, 3.8) is 0 Å². The maximum atomic E-state index is 15.7. The Morgan fingerprint density at radius 3 is 2.20 bits per heavy atom. The van der Waals surface area contributed by atoms with Crippen LogP contribution in [0.5, 0.6) is 0 Å². The van der Waals surface area contributed by atoms with Gasteiger partial charge < -0.3 is 4.42 Å². The van der Waals surface area contributed by atoms with E-state index in [1.165, 1.54) is 0 Å². The standard InChI is InChI=1S/C45H25FN2O/c46-27-17-18-30-29-12-4-6-14-35(29)45(36(30)22-27)37-23-32(26-10-2-1-3-11-26)28-19-21-47-25-34(28)42(37)43-38(45)24-33(39-15-8-9-20-48-39)41-31-13-5-7-16-40(31)49-44(41)43/h1-25H. The number of aromatic nitrogens is 2. The fourth-order valence-electron chi connectivity index (χ4n) is 8.83. The van der Waals surface area contributed by atoms with Gasteiger partial charge in [0, 0.05) is 45.9 Å². The number of hydrogen-bond acceptors (Lipinski definition) is 3. The smallest absolute Gasteiger partial charge is 0.144 e. The van der Waals surface area contributed by atoms with E-state index in [0.29, 0.717) is 0 Å². The Morgan fingerprint density at radius 1 is 0.531 bits per heavy atom. The van der Waals surface area contributed by atoms with Crippen LogP contribution in [0.4, 0.5) is 4.39 Å². The summed E-state index contributed by atoms with van der Waals surface area (Å²) in [4.78, 5) is 9.57. The Balaban J connectivity index is 1.43. The molecule has 4 heteroatoms. The van der Waals surface area contributed by atoms with Crippen LogP contribution >= 0.6 is 0 Å². The molecule has 3 aromatic heterocycles. The maximum absolute atomic E-state index is 15.7. The van der Waals surface area contributed by atoms with Crippen molar-refractivity contribution >= 4 is 32.7 Å². The quantitative estimate of drug-likeness (QED) is 0.191. The van der Waals surface area contributed by atoms with E-state index in [1.807, 2.05) is 55.0 Å². The highest BCUT2D eigenvalue weighted by atomic mass is 19.1. The molecule has 1 atom stereocenters. The third kappa shape index (κ3) is 3.35. The summed E-state index contributed by atoms with van der Waals surface area (Å²) in [7, 11) is 0. The number of fused-ring (bicyclic) bond motifs is 16. The van der Waals surface area contributed by atoms with Crippen LogP contribution in [0.15, 0.2) is 156 Å². The highest BCUT2D eigenvalue weighted by Gasteiger charge is 2.54. The number of pyridine rings is 2. The van der Waals surface area contributed by atoms with Crippen molar-refractivity contribution in [2.24, 2.45) is 0 Å². The number of furan rings is 1. The van der Waals surface area contributed by atoms with Crippen molar-refractivity contribution in [2.75, 3.05) is 0 Å². The number of hydrogen-bond donors (Lipinski definition) is 0. The number of halogens is 1. The van der Waals surface area contributed by atoms with Crippen molar-refractivity contribution < 1.29 is 8.81 Å². The van der Waals surface area contributed by atoms with Gasteiger partial charge in [0.25, 0.3) is 0 Å². The summed E-state index contributed by atoms with van der Waals surface area (Å²) in [6.07, 6.45) is 5.68. The zero-order valence-electron chi connectivity index (χ0n) is 26.1. The van der Waals surface area contributed by atoms with Crippen molar-refractivity contribution in [1.29, 1.82) is 0 Å². The summed E-state index contributed by atoms with van der Waals surface area (Å²) >= 11 is 0. The lowest BCUT2D eigenvalue weighted by atomic mass is 9.69. The van der Waals surface area contributed by atoms with E-state index in [9.17, 15) is 0 Å². The fourth-order valence-corrected chi connectivity index (χ4v) is 8.83. The first-order chi connectivity index (χ1) is 24.2. The van der Waals surface area contributed by atoms with E-state index in [-0.39, 0.29) is 5.82 Å². The molecule has 9 aromatic rings. The molecule has 3 nitrogen and oxygen atoms in total. The van der Waals surface area contributed by atoms with Crippen LogP contribution in [-0.2, 0) is 5.41 Å². The Kier molecular flexibility index (Phi) is 5.21. The molecule has 228 valence electrons. The molecule has 1 spiro atoms. The fraction of sp³-hybridized carbons (Fsp3) is 0.0222. The second-order valence-electron chi connectivity index (χ2n) is 13.0. The van der Waals surface area contributed by atoms with Crippen molar-refractivity contribution in [3.05, 3.63) is 180 Å². The monoisotopic (exact) mass is 628 g/mol. The second-order valence-corrected chi connectivity index (χ2v) is 13.0. The lowest BCUT2D eigenvalue weighted by Gasteiger charge is -2.31. The second kappa shape index (κ2) is 9.59. The van der Waals surface area contributed by atoms with Gasteiger partial charge in [-0.15, -0.1) is 0 Å². The maximum Gasteiger partial charge on any atom is 0.144 e. The minimum Gasteiger partial charge on any atom is -0.455 e. The summed E-state index contributed by atoms with van der Waals surface area (Å²) in [5.74, 6) is -0.263. The van der Waals surface area contributed by atoms with Gasteiger partial charge in [-0.1, -0.05) is 84.9 Å². The van der Waals surface area contributed by atoms with Gasteiger partial charge in [0.05, 0.1) is 11.1 Å². The zero-order chi connectivity index (χ0) is 32.3. The highest BCUT2D eigenvalue weighted by Crippen LogP contribution is 2.66. The molecule has 6 aromatic carbocycles. The molecule has 0 N–H and O–H groups in total. The summed E-state index contributed by atoms with van der Waals surface area (Å²) in [6, 6.07) is 45.3. The van der Waals surface area contributed by atoms with Gasteiger partial charge in [-0.2, -0.15) is 0 Å². The van der Waals surface area contributed by atoms with Gasteiger partial charge in [-0.05, 0) is 104 Å². The van der Waals surface area contributed by atoms with E-state index >= 15 is 4.39 Å². The molecule has 2 aliphatic carbocycles. The molecule has 0 aliphatic heterocycles. The predicted molar refractivity (Wildman–Crippen MR) is 194 cm³/mol. The van der Waals surface area contributed by atoms with Crippen LogP contribution < -0.4 is 0 Å². The molecule has 0 bridgehead atoms. The number of nitrogens with zero attached hydrogens (tertiary/aromatic N) is 2. The third-order valence-corrected chi connectivity index (χ3v) is 10.7. The SMILES string of the molecule is Fc1ccc2c(c1)C1(c3ccccc3-2)c2cc(-c3ccccc3)c3ccncc3c2-c2c1cc(-c1ccccn1)c1c2oc2ccccc21. The molecule has 3 heterocycles. The van der Waals surface area contributed by atoms with Gasteiger partial charge in [-0.3, -0.25) is 9.97 Å². The molecule has 0 radical (unpaired) electrons. The van der Waals surface area contributed by atoms with E-state index < -0.39 is 5.41 Å². The third-order valence-electron chi connectivity index (χ3n) is 10.7. The first-order valence-corrected chi connectivity index (χ1v) is 16.5. The Morgan fingerprint density at radius 2 is 1.31 bits per heavy atom. The summed E-state index contributed by atoms with van der Waals surface area (Å²) in [5, 5.41) is 4.19. The lowest BCUT2D eigenvalue weighted by Crippen LogP contribution is -2.26. The van der Waals surface area contributed by atoms with E-state index in [1.54, 1.807) is 12.1 Å².